The zero-order valence-corrected chi connectivity index (χ0v) is 9.16. The van der Waals surface area contributed by atoms with Crippen LogP contribution in [-0.4, -0.2) is 17.6 Å². The zero-order valence-electron chi connectivity index (χ0n) is 9.16. The van der Waals surface area contributed by atoms with Crippen molar-refractivity contribution in [1.82, 2.24) is 0 Å². The molecule has 0 saturated heterocycles. The van der Waals surface area contributed by atoms with Crippen molar-refractivity contribution < 1.29 is 9.90 Å². The van der Waals surface area contributed by atoms with E-state index in [9.17, 15) is 4.79 Å². The molecule has 1 aromatic carbocycles. The summed E-state index contributed by atoms with van der Waals surface area (Å²) in [5.74, 6) is -1.45. The Morgan fingerprint density at radius 3 is 2.60 bits per heavy atom. The lowest BCUT2D eigenvalue weighted by Crippen LogP contribution is -2.21. The van der Waals surface area contributed by atoms with Crippen molar-refractivity contribution in [2.75, 3.05) is 6.54 Å². The van der Waals surface area contributed by atoms with Crippen LogP contribution in [0.5, 0.6) is 0 Å². The number of aryl methyl sites for hydroxylation is 2. The second-order valence-electron chi connectivity index (χ2n) is 3.67. The van der Waals surface area contributed by atoms with Crippen LogP contribution in [-0.2, 0) is 11.2 Å². The molecule has 0 aliphatic rings. The monoisotopic (exact) mass is 207 g/mol. The SMILES string of the molecule is CCc1ccc(C(CN)C(=O)O)cc1C. The number of rotatable bonds is 4. The Hall–Kier alpha value is -1.35. The van der Waals surface area contributed by atoms with Crippen LogP contribution in [0.1, 0.15) is 29.5 Å². The Balaban J connectivity index is 3.05. The number of hydrogen-bond acceptors (Lipinski definition) is 2. The smallest absolute Gasteiger partial charge is 0.312 e. The maximum absolute atomic E-state index is 10.9. The van der Waals surface area contributed by atoms with Gasteiger partial charge in [0, 0.05) is 6.54 Å². The zero-order chi connectivity index (χ0) is 11.4. The van der Waals surface area contributed by atoms with Crippen molar-refractivity contribution in [2.24, 2.45) is 5.73 Å². The van der Waals surface area contributed by atoms with Crippen LogP contribution in [0.2, 0.25) is 0 Å². The number of aliphatic carboxylic acids is 1. The van der Waals surface area contributed by atoms with Crippen molar-refractivity contribution >= 4 is 5.97 Å². The summed E-state index contributed by atoms with van der Waals surface area (Å²) in [6, 6.07) is 5.76. The van der Waals surface area contributed by atoms with E-state index in [-0.39, 0.29) is 6.54 Å². The standard InChI is InChI=1S/C12H17NO2/c1-3-9-4-5-10(6-8(9)2)11(7-13)12(14)15/h4-6,11H,3,7,13H2,1-2H3,(H,14,15). The second-order valence-corrected chi connectivity index (χ2v) is 3.67. The third-order valence-corrected chi connectivity index (χ3v) is 2.68. The summed E-state index contributed by atoms with van der Waals surface area (Å²) >= 11 is 0. The summed E-state index contributed by atoms with van der Waals surface area (Å²) in [4.78, 5) is 10.9. The molecule has 1 aromatic rings. The molecular formula is C12H17NO2. The van der Waals surface area contributed by atoms with Crippen LogP contribution in [0, 0.1) is 6.92 Å². The molecule has 0 aromatic heterocycles. The number of benzene rings is 1. The van der Waals surface area contributed by atoms with E-state index in [4.69, 9.17) is 10.8 Å². The van der Waals surface area contributed by atoms with Gasteiger partial charge in [-0.1, -0.05) is 25.1 Å². The maximum Gasteiger partial charge on any atom is 0.312 e. The molecule has 3 N–H and O–H groups in total. The molecule has 0 amide bonds. The minimum atomic E-state index is -0.860. The Kier molecular flexibility index (Phi) is 3.86. The number of carboxylic acids is 1. The molecule has 0 aliphatic carbocycles. The molecular weight excluding hydrogens is 190 g/mol. The van der Waals surface area contributed by atoms with E-state index in [0.29, 0.717) is 0 Å². The molecule has 0 fully saturated rings. The topological polar surface area (TPSA) is 63.3 Å². The molecule has 1 rings (SSSR count). The molecule has 1 atom stereocenters. The lowest BCUT2D eigenvalue weighted by Gasteiger charge is -2.12. The van der Waals surface area contributed by atoms with Gasteiger partial charge in [0.2, 0.25) is 0 Å². The number of nitrogens with two attached hydrogens (primary N) is 1. The second kappa shape index (κ2) is 4.94. The fraction of sp³-hybridized carbons (Fsp3) is 0.417. The van der Waals surface area contributed by atoms with Crippen LogP contribution in [0.15, 0.2) is 18.2 Å². The molecule has 0 saturated carbocycles. The average Bonchev–Trinajstić information content (AvgIpc) is 2.18. The molecule has 82 valence electrons. The highest BCUT2D eigenvalue weighted by atomic mass is 16.4. The van der Waals surface area contributed by atoms with Crippen LogP contribution in [0.25, 0.3) is 0 Å². The van der Waals surface area contributed by atoms with Crippen molar-refractivity contribution in [3.05, 3.63) is 34.9 Å². The van der Waals surface area contributed by atoms with E-state index >= 15 is 0 Å². The number of carboxylic acid groups (broad SMARTS) is 1. The molecule has 1 unspecified atom stereocenters. The predicted molar refractivity (Wildman–Crippen MR) is 60.0 cm³/mol. The van der Waals surface area contributed by atoms with Gasteiger partial charge < -0.3 is 10.8 Å². The molecule has 0 radical (unpaired) electrons. The first-order chi connectivity index (χ1) is 7.10. The first-order valence-electron chi connectivity index (χ1n) is 5.12. The van der Waals surface area contributed by atoms with E-state index in [1.165, 1.54) is 5.56 Å². The largest absolute Gasteiger partial charge is 0.481 e. The van der Waals surface area contributed by atoms with Gasteiger partial charge in [-0.05, 0) is 30.0 Å². The van der Waals surface area contributed by atoms with E-state index in [1.807, 2.05) is 25.1 Å². The molecule has 0 heterocycles. The van der Waals surface area contributed by atoms with Gasteiger partial charge in [0.05, 0.1) is 5.92 Å². The summed E-state index contributed by atoms with van der Waals surface area (Å²) in [5.41, 5.74) is 8.62. The van der Waals surface area contributed by atoms with Gasteiger partial charge in [-0.25, -0.2) is 0 Å². The fourth-order valence-electron chi connectivity index (χ4n) is 1.71. The normalized spacial score (nSPS) is 12.5. The number of carbonyl (C=O) groups is 1. The van der Waals surface area contributed by atoms with Crippen LogP contribution >= 0.6 is 0 Å². The van der Waals surface area contributed by atoms with E-state index in [1.54, 1.807) is 0 Å². The van der Waals surface area contributed by atoms with E-state index in [0.717, 1.165) is 17.5 Å². The molecule has 0 spiro atoms. The lowest BCUT2D eigenvalue weighted by atomic mass is 9.95. The van der Waals surface area contributed by atoms with Gasteiger partial charge in [0.25, 0.3) is 0 Å². The highest BCUT2D eigenvalue weighted by molar-refractivity contribution is 5.76. The quantitative estimate of drug-likeness (QED) is 0.789. The van der Waals surface area contributed by atoms with Crippen LogP contribution < -0.4 is 5.73 Å². The fourth-order valence-corrected chi connectivity index (χ4v) is 1.71. The third kappa shape index (κ3) is 2.57. The van der Waals surface area contributed by atoms with Crippen molar-refractivity contribution in [1.29, 1.82) is 0 Å². The highest BCUT2D eigenvalue weighted by Gasteiger charge is 2.18. The lowest BCUT2D eigenvalue weighted by molar-refractivity contribution is -0.138. The number of hydrogen-bond donors (Lipinski definition) is 2. The van der Waals surface area contributed by atoms with Crippen molar-refractivity contribution in [3.63, 3.8) is 0 Å². The minimum Gasteiger partial charge on any atom is -0.481 e. The molecule has 15 heavy (non-hydrogen) atoms. The van der Waals surface area contributed by atoms with E-state index < -0.39 is 11.9 Å². The highest BCUT2D eigenvalue weighted by Crippen LogP contribution is 2.19. The molecule has 3 nitrogen and oxygen atoms in total. The van der Waals surface area contributed by atoms with Crippen molar-refractivity contribution in [3.8, 4) is 0 Å². The summed E-state index contributed by atoms with van der Waals surface area (Å²) in [7, 11) is 0. The summed E-state index contributed by atoms with van der Waals surface area (Å²) < 4.78 is 0. The Morgan fingerprint density at radius 1 is 1.53 bits per heavy atom. The van der Waals surface area contributed by atoms with Gasteiger partial charge in [0.1, 0.15) is 0 Å². The Labute approximate surface area is 89.9 Å². The molecule has 3 heteroatoms. The predicted octanol–water partition coefficient (Wildman–Crippen LogP) is 1.68. The van der Waals surface area contributed by atoms with Gasteiger partial charge >= 0.3 is 5.97 Å². The third-order valence-electron chi connectivity index (χ3n) is 2.68. The van der Waals surface area contributed by atoms with Gasteiger partial charge in [-0.2, -0.15) is 0 Å². The van der Waals surface area contributed by atoms with Gasteiger partial charge in [-0.15, -0.1) is 0 Å². The van der Waals surface area contributed by atoms with Gasteiger partial charge in [-0.3, -0.25) is 4.79 Å². The molecule has 0 aliphatic heterocycles. The first-order valence-corrected chi connectivity index (χ1v) is 5.12. The minimum absolute atomic E-state index is 0.139. The van der Waals surface area contributed by atoms with Crippen LogP contribution in [0.3, 0.4) is 0 Å². The summed E-state index contributed by atoms with van der Waals surface area (Å²) in [5, 5.41) is 8.96. The van der Waals surface area contributed by atoms with E-state index in [2.05, 4.69) is 6.92 Å². The van der Waals surface area contributed by atoms with Crippen LogP contribution in [0.4, 0.5) is 0 Å². The average molecular weight is 207 g/mol. The Bertz CT molecular complexity index is 361. The molecule has 0 bridgehead atoms. The first kappa shape index (κ1) is 11.7. The van der Waals surface area contributed by atoms with Gasteiger partial charge in [0.15, 0.2) is 0 Å². The summed E-state index contributed by atoms with van der Waals surface area (Å²) in [6.45, 7) is 4.22. The summed E-state index contributed by atoms with van der Waals surface area (Å²) in [6.07, 6.45) is 0.965. The Morgan fingerprint density at radius 2 is 2.20 bits per heavy atom. The maximum atomic E-state index is 10.9. The van der Waals surface area contributed by atoms with Crippen molar-refractivity contribution in [2.45, 2.75) is 26.2 Å².